The number of ether oxygens (including phenoxy) is 2. The fourth-order valence-electron chi connectivity index (χ4n) is 2.11. The Morgan fingerprint density at radius 1 is 1.33 bits per heavy atom. The highest BCUT2D eigenvalue weighted by Gasteiger charge is 2.37. The molecule has 21 heavy (non-hydrogen) atoms. The van der Waals surface area contributed by atoms with Gasteiger partial charge in [-0.05, 0) is 37.6 Å². The third-order valence-electron chi connectivity index (χ3n) is 3.17. The molecule has 1 aliphatic heterocycles. The van der Waals surface area contributed by atoms with Gasteiger partial charge < -0.3 is 9.47 Å². The van der Waals surface area contributed by atoms with Crippen LogP contribution in [0.15, 0.2) is 35.0 Å². The van der Waals surface area contributed by atoms with Gasteiger partial charge in [0.2, 0.25) is 5.78 Å². The van der Waals surface area contributed by atoms with Crippen LogP contribution in [-0.2, 0) is 14.3 Å². The second-order valence-electron chi connectivity index (χ2n) is 4.61. The van der Waals surface area contributed by atoms with Crippen LogP contribution in [0.25, 0.3) is 6.08 Å². The first-order valence-electron chi connectivity index (χ1n) is 6.68. The zero-order valence-corrected chi connectivity index (χ0v) is 12.3. The summed E-state index contributed by atoms with van der Waals surface area (Å²) in [5, 5.41) is 0. The first kappa shape index (κ1) is 15.0. The van der Waals surface area contributed by atoms with E-state index in [1.165, 1.54) is 0 Å². The lowest BCUT2D eigenvalue weighted by Gasteiger charge is -2.07. The van der Waals surface area contributed by atoms with E-state index in [2.05, 4.69) is 4.99 Å². The minimum Gasteiger partial charge on any atom is -0.497 e. The summed E-state index contributed by atoms with van der Waals surface area (Å²) in [6, 6.07) is 7.24. The van der Waals surface area contributed by atoms with Gasteiger partial charge in [-0.15, -0.1) is 0 Å². The Hall–Kier alpha value is -2.43. The molecule has 1 heterocycles. The molecule has 0 radical (unpaired) electrons. The number of hydrogen-bond acceptors (Lipinski definition) is 5. The maximum absolute atomic E-state index is 12.3. The molecule has 2 rings (SSSR count). The van der Waals surface area contributed by atoms with Gasteiger partial charge in [-0.25, -0.2) is 0 Å². The Kier molecular flexibility index (Phi) is 4.52. The van der Waals surface area contributed by atoms with Crippen LogP contribution in [0.1, 0.15) is 19.4 Å². The highest BCUT2D eigenvalue weighted by atomic mass is 16.5. The largest absolute Gasteiger partial charge is 0.497 e. The number of aliphatic imine (C=N–C) groups is 1. The first-order valence-corrected chi connectivity index (χ1v) is 6.68. The van der Waals surface area contributed by atoms with Crippen LogP contribution in [-0.4, -0.2) is 31.2 Å². The summed E-state index contributed by atoms with van der Waals surface area (Å²) in [5.74, 6) is -1.03. The Morgan fingerprint density at radius 3 is 2.57 bits per heavy atom. The van der Waals surface area contributed by atoms with Gasteiger partial charge >= 0.3 is 5.97 Å². The summed E-state index contributed by atoms with van der Waals surface area (Å²) in [4.78, 5) is 28.2. The van der Waals surface area contributed by atoms with Crippen LogP contribution in [0.3, 0.4) is 0 Å². The molecule has 1 aromatic rings. The molecular formula is C16H17NO4. The molecule has 0 aliphatic carbocycles. The number of allylic oxidation sites excluding steroid dienone is 1. The molecule has 0 amide bonds. The highest BCUT2D eigenvalue weighted by Crippen LogP contribution is 2.24. The molecule has 1 aliphatic rings. The Balaban J connectivity index is 2.23. The van der Waals surface area contributed by atoms with Crippen molar-refractivity contribution in [3.8, 4) is 5.75 Å². The van der Waals surface area contributed by atoms with Crippen LogP contribution < -0.4 is 4.74 Å². The number of carbonyl (C=O) groups excluding carboxylic acids is 2. The van der Waals surface area contributed by atoms with Crippen molar-refractivity contribution in [2.24, 2.45) is 10.9 Å². The van der Waals surface area contributed by atoms with E-state index in [1.54, 1.807) is 39.2 Å². The molecule has 0 saturated carbocycles. The molecule has 110 valence electrons. The van der Waals surface area contributed by atoms with Gasteiger partial charge in [0.25, 0.3) is 0 Å². The monoisotopic (exact) mass is 287 g/mol. The molecule has 0 saturated heterocycles. The summed E-state index contributed by atoms with van der Waals surface area (Å²) in [6.07, 6.45) is 1.66. The fraction of sp³-hybridized carbons (Fsp3) is 0.312. The first-order chi connectivity index (χ1) is 10.1. The quantitative estimate of drug-likeness (QED) is 0.484. The summed E-state index contributed by atoms with van der Waals surface area (Å²) < 4.78 is 9.99. The second kappa shape index (κ2) is 6.35. The van der Waals surface area contributed by atoms with Gasteiger partial charge in [0, 0.05) is 5.71 Å². The van der Waals surface area contributed by atoms with E-state index in [1.807, 2.05) is 12.1 Å². The number of rotatable bonds is 4. The number of carbonyl (C=O) groups is 2. The fourth-order valence-corrected chi connectivity index (χ4v) is 2.11. The molecule has 0 N–H and O–H groups in total. The topological polar surface area (TPSA) is 65.0 Å². The van der Waals surface area contributed by atoms with Crippen molar-refractivity contribution in [1.29, 1.82) is 0 Å². The standard InChI is InChI=1S/C16H17NO4/c1-4-21-16(19)14-10(2)17-13(15(14)18)9-11-5-7-12(20-3)8-6-11/h5-9,14H,4H2,1-3H3/t14-/m1/s1. The zero-order chi connectivity index (χ0) is 15.4. The molecule has 0 fully saturated rings. The van der Waals surface area contributed by atoms with Crippen molar-refractivity contribution in [3.63, 3.8) is 0 Å². The predicted molar refractivity (Wildman–Crippen MR) is 79.2 cm³/mol. The van der Waals surface area contributed by atoms with Crippen molar-refractivity contribution in [3.05, 3.63) is 35.5 Å². The van der Waals surface area contributed by atoms with Gasteiger partial charge in [0.05, 0.1) is 13.7 Å². The number of hydrogen-bond donors (Lipinski definition) is 0. The molecule has 0 bridgehead atoms. The lowest BCUT2D eigenvalue weighted by atomic mass is 10.0. The van der Waals surface area contributed by atoms with Gasteiger partial charge in [-0.3, -0.25) is 14.6 Å². The molecule has 5 nitrogen and oxygen atoms in total. The average molecular weight is 287 g/mol. The van der Waals surface area contributed by atoms with E-state index in [4.69, 9.17) is 9.47 Å². The van der Waals surface area contributed by atoms with E-state index < -0.39 is 11.9 Å². The molecular weight excluding hydrogens is 270 g/mol. The molecule has 5 heteroatoms. The molecule has 1 atom stereocenters. The summed E-state index contributed by atoms with van der Waals surface area (Å²) in [7, 11) is 1.59. The van der Waals surface area contributed by atoms with Gasteiger partial charge in [0.1, 0.15) is 11.4 Å². The van der Waals surface area contributed by atoms with Gasteiger partial charge in [-0.2, -0.15) is 0 Å². The van der Waals surface area contributed by atoms with Crippen molar-refractivity contribution in [2.75, 3.05) is 13.7 Å². The Labute approximate surface area is 123 Å². The third-order valence-corrected chi connectivity index (χ3v) is 3.17. The number of esters is 1. The van der Waals surface area contributed by atoms with Crippen molar-refractivity contribution < 1.29 is 19.1 Å². The Bertz CT molecular complexity index is 614. The van der Waals surface area contributed by atoms with Crippen molar-refractivity contribution in [2.45, 2.75) is 13.8 Å². The zero-order valence-electron chi connectivity index (χ0n) is 12.3. The molecule has 0 unspecified atom stereocenters. The summed E-state index contributed by atoms with van der Waals surface area (Å²) >= 11 is 0. The maximum atomic E-state index is 12.3. The minimum absolute atomic E-state index is 0.243. The van der Waals surface area contributed by atoms with E-state index >= 15 is 0 Å². The van der Waals surface area contributed by atoms with Crippen LogP contribution in [0.5, 0.6) is 5.75 Å². The van der Waals surface area contributed by atoms with Gasteiger partial charge in [0.15, 0.2) is 5.92 Å². The summed E-state index contributed by atoms with van der Waals surface area (Å²) in [5.41, 5.74) is 1.56. The van der Waals surface area contributed by atoms with Crippen molar-refractivity contribution in [1.82, 2.24) is 0 Å². The average Bonchev–Trinajstić information content (AvgIpc) is 2.74. The van der Waals surface area contributed by atoms with Crippen LogP contribution >= 0.6 is 0 Å². The number of benzene rings is 1. The number of ketones is 1. The molecule has 1 aromatic carbocycles. The maximum Gasteiger partial charge on any atom is 0.322 e. The van der Waals surface area contributed by atoms with Crippen molar-refractivity contribution >= 4 is 23.5 Å². The van der Waals surface area contributed by atoms with Crippen LogP contribution in [0.2, 0.25) is 0 Å². The van der Waals surface area contributed by atoms with Gasteiger partial charge in [-0.1, -0.05) is 12.1 Å². The van der Waals surface area contributed by atoms with E-state index in [0.717, 1.165) is 11.3 Å². The number of Topliss-reactive ketones (excluding diaryl/α,β-unsaturated/α-hetero) is 1. The van der Waals surface area contributed by atoms with E-state index in [0.29, 0.717) is 5.71 Å². The lowest BCUT2D eigenvalue weighted by Crippen LogP contribution is -2.28. The minimum atomic E-state index is -0.908. The number of nitrogens with zero attached hydrogens (tertiary/aromatic N) is 1. The highest BCUT2D eigenvalue weighted by molar-refractivity contribution is 6.28. The van der Waals surface area contributed by atoms with E-state index in [9.17, 15) is 9.59 Å². The SMILES string of the molecule is CCOC(=O)[C@H]1C(=O)C(=Cc2ccc(OC)cc2)N=C1C. The normalized spacial score (nSPS) is 19.6. The molecule has 0 aromatic heterocycles. The third kappa shape index (κ3) is 3.18. The number of methoxy groups -OCH3 is 1. The predicted octanol–water partition coefficient (Wildman–Crippen LogP) is 2.26. The Morgan fingerprint density at radius 2 is 2.00 bits per heavy atom. The second-order valence-corrected chi connectivity index (χ2v) is 4.61. The smallest absolute Gasteiger partial charge is 0.322 e. The van der Waals surface area contributed by atoms with Crippen LogP contribution in [0, 0.1) is 5.92 Å². The van der Waals surface area contributed by atoms with Crippen LogP contribution in [0.4, 0.5) is 0 Å². The summed E-state index contributed by atoms with van der Waals surface area (Å²) in [6.45, 7) is 3.61. The molecule has 0 spiro atoms. The lowest BCUT2D eigenvalue weighted by molar-refractivity contribution is -0.147. The van der Waals surface area contributed by atoms with E-state index in [-0.39, 0.29) is 18.1 Å².